The van der Waals surface area contributed by atoms with Gasteiger partial charge in [0.2, 0.25) is 6.10 Å². The van der Waals surface area contributed by atoms with Gasteiger partial charge in [-0.25, -0.2) is 0 Å². The Bertz CT molecular complexity index is 727. The first-order valence-electron chi connectivity index (χ1n) is 8.48. The lowest BCUT2D eigenvalue weighted by atomic mass is 10.0. The van der Waals surface area contributed by atoms with Gasteiger partial charge in [-0.2, -0.15) is 0 Å². The summed E-state index contributed by atoms with van der Waals surface area (Å²) in [5.41, 5.74) is 3.71. The second-order valence-electron chi connectivity index (χ2n) is 5.89. The number of hydrogen-bond acceptors (Lipinski definition) is 3. The van der Waals surface area contributed by atoms with Gasteiger partial charge in [-0.3, -0.25) is 4.79 Å². The first-order valence-corrected chi connectivity index (χ1v) is 8.48. The van der Waals surface area contributed by atoms with Crippen molar-refractivity contribution in [1.82, 2.24) is 5.32 Å². The Hall–Kier alpha value is -2.49. The highest BCUT2D eigenvalue weighted by molar-refractivity contribution is 5.81. The van der Waals surface area contributed by atoms with Crippen molar-refractivity contribution in [2.24, 2.45) is 0 Å². The number of aryl methyl sites for hydroxylation is 2. The van der Waals surface area contributed by atoms with Crippen LogP contribution in [0.1, 0.15) is 30.5 Å². The number of rotatable bonds is 5. The summed E-state index contributed by atoms with van der Waals surface area (Å²) in [6, 6.07) is 13.9. The van der Waals surface area contributed by atoms with Gasteiger partial charge >= 0.3 is 0 Å². The molecule has 0 aliphatic carbocycles. The fourth-order valence-corrected chi connectivity index (χ4v) is 2.85. The molecule has 2 aromatic carbocycles. The SMILES string of the molecule is CCc1ccc(CC)c(CNC(=O)[C@@H]2COc3ccccc3O2)c1. The highest BCUT2D eigenvalue weighted by Crippen LogP contribution is 2.30. The van der Waals surface area contributed by atoms with Gasteiger partial charge in [-0.1, -0.05) is 44.2 Å². The third-order valence-corrected chi connectivity index (χ3v) is 4.31. The molecule has 1 N–H and O–H groups in total. The van der Waals surface area contributed by atoms with E-state index in [4.69, 9.17) is 9.47 Å². The molecule has 3 rings (SSSR count). The van der Waals surface area contributed by atoms with Crippen molar-refractivity contribution in [3.8, 4) is 11.5 Å². The molecule has 1 amide bonds. The number of hydrogen-bond donors (Lipinski definition) is 1. The van der Waals surface area contributed by atoms with Gasteiger partial charge in [0.1, 0.15) is 6.61 Å². The molecule has 0 saturated carbocycles. The molecule has 24 heavy (non-hydrogen) atoms. The number of fused-ring (bicyclic) bond motifs is 1. The minimum atomic E-state index is -0.612. The topological polar surface area (TPSA) is 47.6 Å². The zero-order valence-electron chi connectivity index (χ0n) is 14.2. The number of para-hydroxylation sites is 2. The minimum Gasteiger partial charge on any atom is -0.485 e. The van der Waals surface area contributed by atoms with Crippen LogP contribution in [0.25, 0.3) is 0 Å². The molecule has 2 aromatic rings. The highest BCUT2D eigenvalue weighted by atomic mass is 16.6. The van der Waals surface area contributed by atoms with Crippen LogP contribution in [0.2, 0.25) is 0 Å². The first kappa shape index (κ1) is 16.4. The summed E-state index contributed by atoms with van der Waals surface area (Å²) in [5, 5.41) is 2.98. The van der Waals surface area contributed by atoms with Gasteiger partial charge in [0.25, 0.3) is 5.91 Å². The molecular weight excluding hydrogens is 302 g/mol. The molecule has 0 radical (unpaired) electrons. The van der Waals surface area contributed by atoms with E-state index in [1.54, 1.807) is 0 Å². The second kappa shape index (κ2) is 7.39. The predicted octanol–water partition coefficient (Wildman–Crippen LogP) is 3.27. The Balaban J connectivity index is 1.64. The number of ether oxygens (including phenoxy) is 2. The molecule has 1 aliphatic heterocycles. The fraction of sp³-hybridized carbons (Fsp3) is 0.350. The van der Waals surface area contributed by atoms with Gasteiger partial charge in [-0.15, -0.1) is 0 Å². The molecule has 1 aliphatic rings. The third kappa shape index (κ3) is 3.53. The molecule has 1 heterocycles. The summed E-state index contributed by atoms with van der Waals surface area (Å²) in [6.45, 7) is 5.01. The second-order valence-corrected chi connectivity index (χ2v) is 5.89. The molecule has 4 nitrogen and oxygen atoms in total. The maximum atomic E-state index is 12.4. The van der Waals surface area contributed by atoms with Crippen molar-refractivity contribution in [1.29, 1.82) is 0 Å². The van der Waals surface area contributed by atoms with Crippen LogP contribution in [0.4, 0.5) is 0 Å². The van der Waals surface area contributed by atoms with Crippen LogP contribution in [0.15, 0.2) is 42.5 Å². The smallest absolute Gasteiger partial charge is 0.264 e. The van der Waals surface area contributed by atoms with E-state index < -0.39 is 6.10 Å². The maximum absolute atomic E-state index is 12.4. The summed E-state index contributed by atoms with van der Waals surface area (Å²) in [6.07, 6.45) is 1.33. The lowest BCUT2D eigenvalue weighted by Crippen LogP contribution is -2.43. The summed E-state index contributed by atoms with van der Waals surface area (Å²) in [4.78, 5) is 12.4. The van der Waals surface area contributed by atoms with Gasteiger partial charge in [-0.05, 0) is 41.7 Å². The lowest BCUT2D eigenvalue weighted by Gasteiger charge is -2.25. The third-order valence-electron chi connectivity index (χ3n) is 4.31. The molecule has 0 spiro atoms. The molecule has 126 valence electrons. The normalized spacial score (nSPS) is 15.8. The quantitative estimate of drug-likeness (QED) is 0.918. The Morgan fingerprint density at radius 3 is 2.62 bits per heavy atom. The summed E-state index contributed by atoms with van der Waals surface area (Å²) >= 11 is 0. The molecule has 1 atom stereocenters. The average Bonchev–Trinajstić information content (AvgIpc) is 2.65. The molecule has 4 heteroatoms. The number of carbonyl (C=O) groups excluding carboxylic acids is 1. The van der Waals surface area contributed by atoms with Crippen molar-refractivity contribution in [2.45, 2.75) is 39.3 Å². The van der Waals surface area contributed by atoms with E-state index in [0.29, 0.717) is 18.0 Å². The van der Waals surface area contributed by atoms with Crippen LogP contribution >= 0.6 is 0 Å². The lowest BCUT2D eigenvalue weighted by molar-refractivity contribution is -0.130. The van der Waals surface area contributed by atoms with Crippen LogP contribution in [0.5, 0.6) is 11.5 Å². The summed E-state index contributed by atoms with van der Waals surface area (Å²) < 4.78 is 11.4. The van der Waals surface area contributed by atoms with E-state index in [1.165, 1.54) is 16.7 Å². The van der Waals surface area contributed by atoms with Crippen LogP contribution in [0, 0.1) is 0 Å². The predicted molar refractivity (Wildman–Crippen MR) is 93.4 cm³/mol. The zero-order chi connectivity index (χ0) is 16.9. The Labute approximate surface area is 142 Å². The standard InChI is InChI=1S/C20H23NO3/c1-3-14-9-10-15(4-2)16(11-14)12-21-20(22)19-13-23-17-7-5-6-8-18(17)24-19/h5-11,19H,3-4,12-13H2,1-2H3,(H,21,22)/t19-/m0/s1. The molecule has 0 unspecified atom stereocenters. The van der Waals surface area contributed by atoms with Crippen LogP contribution < -0.4 is 14.8 Å². The average molecular weight is 325 g/mol. The van der Waals surface area contributed by atoms with E-state index in [1.807, 2.05) is 24.3 Å². The highest BCUT2D eigenvalue weighted by Gasteiger charge is 2.27. The fourth-order valence-electron chi connectivity index (χ4n) is 2.85. The minimum absolute atomic E-state index is 0.145. The van der Waals surface area contributed by atoms with Crippen molar-refractivity contribution in [3.63, 3.8) is 0 Å². The van der Waals surface area contributed by atoms with Crippen molar-refractivity contribution in [2.75, 3.05) is 6.61 Å². The molecule has 0 fully saturated rings. The largest absolute Gasteiger partial charge is 0.485 e. The van der Waals surface area contributed by atoms with Crippen LogP contribution in [-0.4, -0.2) is 18.6 Å². The Morgan fingerprint density at radius 2 is 1.88 bits per heavy atom. The van der Waals surface area contributed by atoms with Crippen molar-refractivity contribution < 1.29 is 14.3 Å². The number of amides is 1. The summed E-state index contributed by atoms with van der Waals surface area (Å²) in [5.74, 6) is 1.16. The van der Waals surface area contributed by atoms with E-state index >= 15 is 0 Å². The van der Waals surface area contributed by atoms with Crippen LogP contribution in [0.3, 0.4) is 0 Å². The van der Waals surface area contributed by atoms with Gasteiger partial charge < -0.3 is 14.8 Å². The summed E-state index contributed by atoms with van der Waals surface area (Å²) in [7, 11) is 0. The maximum Gasteiger partial charge on any atom is 0.264 e. The molecular formula is C20H23NO3. The van der Waals surface area contributed by atoms with E-state index in [2.05, 4.69) is 37.4 Å². The Kier molecular flexibility index (Phi) is 5.04. The van der Waals surface area contributed by atoms with Gasteiger partial charge in [0, 0.05) is 6.54 Å². The zero-order valence-corrected chi connectivity index (χ0v) is 14.2. The number of nitrogens with one attached hydrogen (secondary N) is 1. The monoisotopic (exact) mass is 325 g/mol. The molecule has 0 bridgehead atoms. The van der Waals surface area contributed by atoms with E-state index in [9.17, 15) is 4.79 Å². The van der Waals surface area contributed by atoms with E-state index in [0.717, 1.165) is 12.8 Å². The number of benzene rings is 2. The first-order chi connectivity index (χ1) is 11.7. The Morgan fingerprint density at radius 1 is 1.08 bits per heavy atom. The van der Waals surface area contributed by atoms with Crippen LogP contribution in [-0.2, 0) is 24.2 Å². The van der Waals surface area contributed by atoms with E-state index in [-0.39, 0.29) is 12.5 Å². The van der Waals surface area contributed by atoms with Crippen molar-refractivity contribution in [3.05, 3.63) is 59.2 Å². The molecule has 0 aromatic heterocycles. The number of carbonyl (C=O) groups is 1. The molecule has 0 saturated heterocycles. The van der Waals surface area contributed by atoms with Crippen molar-refractivity contribution >= 4 is 5.91 Å². The van der Waals surface area contributed by atoms with Gasteiger partial charge in [0.15, 0.2) is 11.5 Å². The van der Waals surface area contributed by atoms with Gasteiger partial charge in [0.05, 0.1) is 0 Å².